The fourth-order valence-electron chi connectivity index (χ4n) is 2.48. The minimum Gasteiger partial charge on any atom is -0.346 e. The van der Waals surface area contributed by atoms with E-state index in [0.29, 0.717) is 18.5 Å². The summed E-state index contributed by atoms with van der Waals surface area (Å²) in [5.74, 6) is -0.0304. The molecule has 1 N–H and O–H groups in total. The first-order chi connectivity index (χ1) is 10.6. The lowest BCUT2D eigenvalue weighted by Crippen LogP contribution is -2.25. The number of aromatic nitrogens is 1. The van der Waals surface area contributed by atoms with Gasteiger partial charge in [0.05, 0.1) is 6.54 Å². The summed E-state index contributed by atoms with van der Waals surface area (Å²) in [6.45, 7) is 3.07. The van der Waals surface area contributed by atoms with Crippen molar-refractivity contribution in [3.05, 3.63) is 45.9 Å². The van der Waals surface area contributed by atoms with Crippen LogP contribution in [0.5, 0.6) is 0 Å². The molecular formula is C16H17N3O2S. The molecule has 1 aromatic carbocycles. The smallest absolute Gasteiger partial charge is 0.251 e. The summed E-state index contributed by atoms with van der Waals surface area (Å²) in [5.41, 5.74) is 2.31. The summed E-state index contributed by atoms with van der Waals surface area (Å²) in [6, 6.07) is 7.20. The third-order valence-electron chi connectivity index (χ3n) is 3.56. The number of amides is 2. The molecule has 2 aromatic rings. The molecule has 0 radical (unpaired) electrons. The van der Waals surface area contributed by atoms with Crippen LogP contribution in [0.3, 0.4) is 0 Å². The highest BCUT2D eigenvalue weighted by Crippen LogP contribution is 2.22. The van der Waals surface area contributed by atoms with Crippen molar-refractivity contribution in [1.29, 1.82) is 0 Å². The second-order valence-electron chi connectivity index (χ2n) is 5.26. The monoisotopic (exact) mass is 315 g/mol. The lowest BCUT2D eigenvalue weighted by molar-refractivity contribution is -0.117. The lowest BCUT2D eigenvalue weighted by atomic mass is 10.1. The van der Waals surface area contributed by atoms with Crippen LogP contribution in [0.4, 0.5) is 5.69 Å². The molecule has 1 aromatic heterocycles. The van der Waals surface area contributed by atoms with Gasteiger partial charge in [0.2, 0.25) is 5.91 Å². The van der Waals surface area contributed by atoms with Gasteiger partial charge in [-0.1, -0.05) is 6.07 Å². The van der Waals surface area contributed by atoms with Gasteiger partial charge in [-0.25, -0.2) is 4.98 Å². The molecule has 1 fully saturated rings. The number of carbonyl (C=O) groups is 2. The quantitative estimate of drug-likeness (QED) is 0.943. The van der Waals surface area contributed by atoms with Crippen LogP contribution in [0.2, 0.25) is 0 Å². The minimum absolute atomic E-state index is 0.121. The molecule has 0 bridgehead atoms. The van der Waals surface area contributed by atoms with Gasteiger partial charge in [0.25, 0.3) is 5.91 Å². The van der Waals surface area contributed by atoms with E-state index >= 15 is 0 Å². The van der Waals surface area contributed by atoms with Gasteiger partial charge in [0.15, 0.2) is 0 Å². The number of hydrogen-bond donors (Lipinski definition) is 1. The fraction of sp³-hybridized carbons (Fsp3) is 0.312. The summed E-state index contributed by atoms with van der Waals surface area (Å²) in [5, 5.41) is 5.71. The molecule has 5 nitrogen and oxygen atoms in total. The van der Waals surface area contributed by atoms with E-state index in [9.17, 15) is 9.59 Å². The Labute approximate surface area is 133 Å². The Balaban J connectivity index is 1.68. The van der Waals surface area contributed by atoms with Crippen LogP contribution in [0.25, 0.3) is 0 Å². The molecule has 0 saturated carbocycles. The van der Waals surface area contributed by atoms with E-state index in [2.05, 4.69) is 10.3 Å². The van der Waals surface area contributed by atoms with Gasteiger partial charge in [0, 0.05) is 35.3 Å². The number of thiazole rings is 1. The highest BCUT2D eigenvalue weighted by molar-refractivity contribution is 7.09. The molecule has 1 aliphatic heterocycles. The van der Waals surface area contributed by atoms with Crippen LogP contribution < -0.4 is 10.2 Å². The summed E-state index contributed by atoms with van der Waals surface area (Å²) < 4.78 is 0. The van der Waals surface area contributed by atoms with Gasteiger partial charge in [-0.2, -0.15) is 0 Å². The second kappa shape index (κ2) is 6.27. The number of anilines is 1. The normalized spacial score (nSPS) is 14.4. The highest BCUT2D eigenvalue weighted by Gasteiger charge is 2.22. The van der Waals surface area contributed by atoms with Crippen molar-refractivity contribution in [3.63, 3.8) is 0 Å². The number of rotatable bonds is 4. The van der Waals surface area contributed by atoms with Crippen LogP contribution in [-0.4, -0.2) is 23.3 Å². The molecule has 3 rings (SSSR count). The van der Waals surface area contributed by atoms with Crippen molar-refractivity contribution in [2.45, 2.75) is 26.3 Å². The molecule has 1 saturated heterocycles. The molecular weight excluding hydrogens is 298 g/mol. The SMILES string of the molecule is Cc1csc(CNC(=O)c2cccc(N3CCCC3=O)c2)n1. The number of nitrogens with zero attached hydrogens (tertiary/aromatic N) is 2. The molecule has 6 heteroatoms. The lowest BCUT2D eigenvalue weighted by Gasteiger charge is -2.16. The summed E-state index contributed by atoms with van der Waals surface area (Å²) >= 11 is 1.53. The van der Waals surface area contributed by atoms with Crippen LogP contribution in [0.1, 0.15) is 33.9 Å². The summed E-state index contributed by atoms with van der Waals surface area (Å²) in [6.07, 6.45) is 1.46. The van der Waals surface area contributed by atoms with Crippen molar-refractivity contribution in [2.75, 3.05) is 11.4 Å². The standard InChI is InChI=1S/C16H17N3O2S/c1-11-10-22-14(18-11)9-17-16(21)12-4-2-5-13(8-12)19-7-3-6-15(19)20/h2,4-5,8,10H,3,6-7,9H2,1H3,(H,17,21). The van der Waals surface area contributed by atoms with Gasteiger partial charge < -0.3 is 10.2 Å². The molecule has 0 aliphatic carbocycles. The number of hydrogen-bond acceptors (Lipinski definition) is 4. The predicted molar refractivity (Wildman–Crippen MR) is 86.1 cm³/mol. The molecule has 114 valence electrons. The molecule has 22 heavy (non-hydrogen) atoms. The Hall–Kier alpha value is -2.21. The van der Waals surface area contributed by atoms with Crippen molar-refractivity contribution in [2.24, 2.45) is 0 Å². The van der Waals surface area contributed by atoms with Gasteiger partial charge in [-0.05, 0) is 31.5 Å². The molecule has 2 amide bonds. The maximum Gasteiger partial charge on any atom is 0.251 e. The Kier molecular flexibility index (Phi) is 4.20. The van der Waals surface area contributed by atoms with E-state index in [0.717, 1.165) is 29.4 Å². The molecule has 1 aliphatic rings. The Morgan fingerprint density at radius 3 is 3.00 bits per heavy atom. The van der Waals surface area contributed by atoms with E-state index < -0.39 is 0 Å². The number of aryl methyl sites for hydroxylation is 1. The van der Waals surface area contributed by atoms with Crippen LogP contribution in [0.15, 0.2) is 29.6 Å². The number of carbonyl (C=O) groups excluding carboxylic acids is 2. The molecule has 0 atom stereocenters. The Morgan fingerprint density at radius 2 is 2.32 bits per heavy atom. The van der Waals surface area contributed by atoms with Gasteiger partial charge in [0.1, 0.15) is 5.01 Å². The molecule has 2 heterocycles. The minimum atomic E-state index is -0.152. The van der Waals surface area contributed by atoms with E-state index in [1.165, 1.54) is 11.3 Å². The van der Waals surface area contributed by atoms with E-state index in [4.69, 9.17) is 0 Å². The van der Waals surface area contributed by atoms with E-state index in [1.54, 1.807) is 17.0 Å². The van der Waals surface area contributed by atoms with E-state index in [1.807, 2.05) is 24.4 Å². The van der Waals surface area contributed by atoms with Crippen molar-refractivity contribution < 1.29 is 9.59 Å². The van der Waals surface area contributed by atoms with Crippen LogP contribution in [0, 0.1) is 6.92 Å². The molecule has 0 spiro atoms. The molecule has 0 unspecified atom stereocenters. The van der Waals surface area contributed by atoms with Crippen LogP contribution in [-0.2, 0) is 11.3 Å². The first-order valence-electron chi connectivity index (χ1n) is 7.23. The maximum atomic E-state index is 12.2. The van der Waals surface area contributed by atoms with Gasteiger partial charge >= 0.3 is 0 Å². The third-order valence-corrected chi connectivity index (χ3v) is 4.53. The van der Waals surface area contributed by atoms with Crippen molar-refractivity contribution >= 4 is 28.8 Å². The zero-order chi connectivity index (χ0) is 15.5. The average molecular weight is 315 g/mol. The maximum absolute atomic E-state index is 12.2. The summed E-state index contributed by atoms with van der Waals surface area (Å²) in [4.78, 5) is 30.1. The third kappa shape index (κ3) is 3.17. The van der Waals surface area contributed by atoms with E-state index in [-0.39, 0.29) is 11.8 Å². The second-order valence-corrected chi connectivity index (χ2v) is 6.21. The number of nitrogens with one attached hydrogen (secondary N) is 1. The Bertz CT molecular complexity index is 711. The first kappa shape index (κ1) is 14.7. The predicted octanol–water partition coefficient (Wildman–Crippen LogP) is 2.51. The zero-order valence-corrected chi connectivity index (χ0v) is 13.2. The van der Waals surface area contributed by atoms with Crippen molar-refractivity contribution in [3.8, 4) is 0 Å². The highest BCUT2D eigenvalue weighted by atomic mass is 32.1. The Morgan fingerprint density at radius 1 is 1.45 bits per heavy atom. The van der Waals surface area contributed by atoms with Crippen LogP contribution >= 0.6 is 11.3 Å². The zero-order valence-electron chi connectivity index (χ0n) is 12.3. The van der Waals surface area contributed by atoms with Gasteiger partial charge in [-0.15, -0.1) is 11.3 Å². The topological polar surface area (TPSA) is 62.3 Å². The number of benzene rings is 1. The fourth-order valence-corrected chi connectivity index (χ4v) is 3.19. The van der Waals surface area contributed by atoms with Gasteiger partial charge in [-0.3, -0.25) is 9.59 Å². The summed E-state index contributed by atoms with van der Waals surface area (Å²) in [7, 11) is 0. The van der Waals surface area contributed by atoms with Crippen molar-refractivity contribution in [1.82, 2.24) is 10.3 Å². The largest absolute Gasteiger partial charge is 0.346 e. The average Bonchev–Trinajstić information content (AvgIpc) is 3.13. The first-order valence-corrected chi connectivity index (χ1v) is 8.11.